The number of hydrogen-bond acceptors (Lipinski definition) is 5. The van der Waals surface area contributed by atoms with E-state index >= 15 is 0 Å². The second kappa shape index (κ2) is 14.9. The van der Waals surface area contributed by atoms with Gasteiger partial charge in [-0.3, -0.25) is 15.0 Å². The molecule has 2 amide bonds. The summed E-state index contributed by atoms with van der Waals surface area (Å²) < 4.78 is 0. The van der Waals surface area contributed by atoms with Gasteiger partial charge in [-0.05, 0) is 73.2 Å². The molecule has 4 aromatic rings. The van der Waals surface area contributed by atoms with Gasteiger partial charge in [0.05, 0.1) is 18.0 Å². The lowest BCUT2D eigenvalue weighted by molar-refractivity contribution is -0.143. The summed E-state index contributed by atoms with van der Waals surface area (Å²) in [5.41, 5.74) is 15.2. The molecule has 0 aliphatic carbocycles. The first-order valence-electron chi connectivity index (χ1n) is 15.0. The molecule has 0 saturated carbocycles. The van der Waals surface area contributed by atoms with Gasteiger partial charge in [-0.1, -0.05) is 84.9 Å². The average Bonchev–Trinajstić information content (AvgIpc) is 3.03. The fourth-order valence-corrected chi connectivity index (χ4v) is 5.77. The highest BCUT2D eigenvalue weighted by Crippen LogP contribution is 2.34. The van der Waals surface area contributed by atoms with Crippen molar-refractivity contribution in [2.24, 2.45) is 11.5 Å². The smallest absolute Gasteiger partial charge is 0.240 e. The molecule has 0 fully saturated rings. The van der Waals surface area contributed by atoms with Crippen LogP contribution < -0.4 is 11.5 Å². The summed E-state index contributed by atoms with van der Waals surface area (Å²) in [5, 5.41) is 27.8. The quantitative estimate of drug-likeness (QED) is 0.101. The maximum Gasteiger partial charge on any atom is 0.240 e. The summed E-state index contributed by atoms with van der Waals surface area (Å²) in [6.07, 6.45) is 0.634. The number of carbonyl (C=O) groups excluding carboxylic acids is 2. The summed E-state index contributed by atoms with van der Waals surface area (Å²) in [4.78, 5) is 31.3. The SMILES string of the molecule is CC(c1ccc(O)cc1)N(CCC[C@H](C(N)=O)N(C(=O)C(c1ccccc1)c1ccccc1)[C@H](C)c1ccc(O)cc1)C(=N)N. The largest absolute Gasteiger partial charge is 0.508 e. The molecule has 0 saturated heterocycles. The van der Waals surface area contributed by atoms with Gasteiger partial charge in [0.2, 0.25) is 11.8 Å². The number of guanidine groups is 1. The maximum absolute atomic E-state index is 14.8. The normalized spacial score (nSPS) is 13.0. The minimum absolute atomic E-state index is 0.0915. The number of nitrogens with one attached hydrogen (secondary N) is 1. The van der Waals surface area contributed by atoms with Crippen LogP contribution >= 0.6 is 0 Å². The highest BCUT2D eigenvalue weighted by atomic mass is 16.3. The molecule has 0 bridgehead atoms. The van der Waals surface area contributed by atoms with E-state index in [1.807, 2.05) is 74.5 Å². The third-order valence-corrected chi connectivity index (χ3v) is 8.25. The molecule has 9 nitrogen and oxygen atoms in total. The van der Waals surface area contributed by atoms with E-state index in [9.17, 15) is 19.8 Å². The van der Waals surface area contributed by atoms with E-state index in [4.69, 9.17) is 16.9 Å². The minimum Gasteiger partial charge on any atom is -0.508 e. The molecule has 0 radical (unpaired) electrons. The number of benzene rings is 4. The highest BCUT2D eigenvalue weighted by molar-refractivity contribution is 5.92. The van der Waals surface area contributed by atoms with Gasteiger partial charge in [0.25, 0.3) is 0 Å². The van der Waals surface area contributed by atoms with Crippen LogP contribution in [0.3, 0.4) is 0 Å². The molecule has 1 unspecified atom stereocenters. The Morgan fingerprint density at radius 3 is 1.56 bits per heavy atom. The number of aromatic hydroxyl groups is 2. The molecule has 234 valence electrons. The Bertz CT molecular complexity index is 1520. The number of nitrogens with zero attached hydrogens (tertiary/aromatic N) is 2. The van der Waals surface area contributed by atoms with Crippen molar-refractivity contribution in [2.75, 3.05) is 6.54 Å². The molecule has 4 rings (SSSR count). The van der Waals surface area contributed by atoms with Crippen LogP contribution in [0.15, 0.2) is 109 Å². The number of primary amides is 1. The van der Waals surface area contributed by atoms with Gasteiger partial charge in [0.1, 0.15) is 17.5 Å². The summed E-state index contributed by atoms with van der Waals surface area (Å²) in [6, 6.07) is 30.3. The number of hydrogen-bond donors (Lipinski definition) is 5. The van der Waals surface area contributed by atoms with Crippen LogP contribution in [0.25, 0.3) is 0 Å². The van der Waals surface area contributed by atoms with Gasteiger partial charge in [-0.25, -0.2) is 0 Å². The van der Waals surface area contributed by atoms with Crippen LogP contribution in [0.1, 0.15) is 66.9 Å². The summed E-state index contributed by atoms with van der Waals surface area (Å²) in [7, 11) is 0. The van der Waals surface area contributed by atoms with Crippen molar-refractivity contribution in [3.63, 3.8) is 0 Å². The highest BCUT2D eigenvalue weighted by Gasteiger charge is 2.37. The average molecular weight is 608 g/mol. The van der Waals surface area contributed by atoms with Crippen molar-refractivity contribution < 1.29 is 19.8 Å². The number of carbonyl (C=O) groups is 2. The van der Waals surface area contributed by atoms with Crippen molar-refractivity contribution >= 4 is 17.8 Å². The zero-order valence-electron chi connectivity index (χ0n) is 25.6. The predicted octanol–water partition coefficient (Wildman–Crippen LogP) is 5.41. The summed E-state index contributed by atoms with van der Waals surface area (Å²) >= 11 is 0. The number of phenolic OH excluding ortho intramolecular Hbond substituents is 2. The monoisotopic (exact) mass is 607 g/mol. The summed E-state index contributed by atoms with van der Waals surface area (Å²) in [5.74, 6) is -1.52. The van der Waals surface area contributed by atoms with Gasteiger partial charge in [0, 0.05) is 6.54 Å². The number of rotatable bonds is 13. The van der Waals surface area contributed by atoms with E-state index in [1.165, 1.54) is 0 Å². The Balaban J connectivity index is 1.69. The zero-order valence-corrected chi connectivity index (χ0v) is 25.6. The first-order chi connectivity index (χ1) is 21.6. The lowest BCUT2D eigenvalue weighted by atomic mass is 9.88. The second-order valence-electron chi connectivity index (χ2n) is 11.2. The molecule has 0 heterocycles. The number of amides is 2. The predicted molar refractivity (Wildman–Crippen MR) is 175 cm³/mol. The van der Waals surface area contributed by atoms with Crippen LogP contribution in [0.5, 0.6) is 11.5 Å². The molecule has 7 N–H and O–H groups in total. The summed E-state index contributed by atoms with van der Waals surface area (Å²) in [6.45, 7) is 4.09. The van der Waals surface area contributed by atoms with E-state index in [-0.39, 0.29) is 35.8 Å². The van der Waals surface area contributed by atoms with Crippen LogP contribution in [0.4, 0.5) is 0 Å². The molecule has 0 aromatic heterocycles. The molecule has 0 aliphatic rings. The number of nitrogens with two attached hydrogens (primary N) is 2. The van der Waals surface area contributed by atoms with Crippen LogP contribution in [-0.2, 0) is 9.59 Å². The van der Waals surface area contributed by atoms with Gasteiger partial charge in [-0.2, -0.15) is 0 Å². The fourth-order valence-electron chi connectivity index (χ4n) is 5.77. The lowest BCUT2D eigenvalue weighted by Crippen LogP contribution is -2.51. The third kappa shape index (κ3) is 8.00. The first kappa shape index (κ1) is 32.6. The maximum atomic E-state index is 14.8. The Morgan fingerprint density at radius 2 is 1.13 bits per heavy atom. The van der Waals surface area contributed by atoms with Crippen molar-refractivity contribution in [1.82, 2.24) is 9.80 Å². The van der Waals surface area contributed by atoms with Crippen molar-refractivity contribution in [3.05, 3.63) is 131 Å². The van der Waals surface area contributed by atoms with Crippen LogP contribution in [0.2, 0.25) is 0 Å². The minimum atomic E-state index is -0.978. The lowest BCUT2D eigenvalue weighted by Gasteiger charge is -2.38. The van der Waals surface area contributed by atoms with Gasteiger partial charge in [0.15, 0.2) is 5.96 Å². The number of phenols is 2. The third-order valence-electron chi connectivity index (χ3n) is 8.25. The second-order valence-corrected chi connectivity index (χ2v) is 11.2. The van der Waals surface area contributed by atoms with Crippen LogP contribution in [-0.4, -0.2) is 50.4 Å². The Hall–Kier alpha value is -5.31. The fraction of sp³-hybridized carbons (Fsp3) is 0.250. The van der Waals surface area contributed by atoms with E-state index in [0.717, 1.165) is 22.3 Å². The van der Waals surface area contributed by atoms with E-state index in [2.05, 4.69) is 0 Å². The van der Waals surface area contributed by atoms with Crippen molar-refractivity contribution in [3.8, 4) is 11.5 Å². The Morgan fingerprint density at radius 1 is 0.689 bits per heavy atom. The molecule has 4 aromatic carbocycles. The first-order valence-corrected chi connectivity index (χ1v) is 15.0. The van der Waals surface area contributed by atoms with Crippen molar-refractivity contribution in [2.45, 2.75) is 50.7 Å². The molecule has 9 heteroatoms. The molecular formula is C36H41N5O4. The van der Waals surface area contributed by atoms with E-state index in [0.29, 0.717) is 13.0 Å². The topological polar surface area (TPSA) is 157 Å². The molecule has 0 aliphatic heterocycles. The molecule has 3 atom stereocenters. The molecule has 0 spiro atoms. The Labute approximate surface area is 264 Å². The van der Waals surface area contributed by atoms with E-state index in [1.54, 1.807) is 58.3 Å². The van der Waals surface area contributed by atoms with E-state index < -0.39 is 23.9 Å². The zero-order chi connectivity index (χ0) is 32.5. The molecular weight excluding hydrogens is 566 g/mol. The van der Waals surface area contributed by atoms with Crippen molar-refractivity contribution in [1.29, 1.82) is 5.41 Å². The van der Waals surface area contributed by atoms with Crippen LogP contribution in [0, 0.1) is 5.41 Å². The van der Waals surface area contributed by atoms with Gasteiger partial charge < -0.3 is 31.5 Å². The molecule has 45 heavy (non-hydrogen) atoms. The standard InChI is InChI=1S/C36H41N5O4/c1-24(26-15-19-30(42)20-16-26)40(36(38)39)23-9-14-32(34(37)44)41(25(2)27-17-21-31(43)22-18-27)35(45)33(28-10-5-3-6-11-28)29-12-7-4-8-13-29/h3-8,10-13,15-22,24-25,32-33,42-43H,9,14,23H2,1-2H3,(H2,37,44)(H3,38,39)/t24?,25-,32-/m1/s1. The Kier molecular flexibility index (Phi) is 10.8. The van der Waals surface area contributed by atoms with Gasteiger partial charge >= 0.3 is 0 Å². The van der Waals surface area contributed by atoms with Gasteiger partial charge in [-0.15, -0.1) is 0 Å².